The molecule has 4 N–H and O–H groups in total. The van der Waals surface area contributed by atoms with Crippen LogP contribution >= 0.6 is 12.2 Å². The highest BCUT2D eigenvalue weighted by Gasteiger charge is 2.30. The molecule has 1 amide bonds. The fraction of sp³-hybridized carbons (Fsp3) is 0.417. The molecule has 1 aliphatic heterocycles. The molecule has 2 heterocycles. The maximum absolute atomic E-state index is 11.4. The third-order valence-electron chi connectivity index (χ3n) is 3.10. The molecule has 5 nitrogen and oxygen atoms in total. The molecule has 1 aliphatic rings. The van der Waals surface area contributed by atoms with Crippen molar-refractivity contribution in [2.75, 3.05) is 11.4 Å². The molecule has 0 bridgehead atoms. The van der Waals surface area contributed by atoms with Crippen LogP contribution in [0.25, 0.3) is 0 Å². The molecule has 0 spiro atoms. The maximum atomic E-state index is 11.4. The second kappa shape index (κ2) is 4.89. The van der Waals surface area contributed by atoms with E-state index >= 15 is 0 Å². The third-order valence-corrected chi connectivity index (χ3v) is 3.34. The van der Waals surface area contributed by atoms with Crippen LogP contribution in [0.15, 0.2) is 12.1 Å². The minimum Gasteiger partial charge on any atom is -0.389 e. The molecule has 96 valence electrons. The Morgan fingerprint density at radius 3 is 2.83 bits per heavy atom. The molecule has 6 heteroatoms. The van der Waals surface area contributed by atoms with E-state index in [1.807, 2.05) is 24.0 Å². The molecule has 0 aliphatic carbocycles. The zero-order chi connectivity index (χ0) is 13.3. The first kappa shape index (κ1) is 12.8. The summed E-state index contributed by atoms with van der Waals surface area (Å²) < 4.78 is 0. The van der Waals surface area contributed by atoms with E-state index in [0.29, 0.717) is 4.99 Å². The summed E-state index contributed by atoms with van der Waals surface area (Å²) in [6.45, 7) is 2.65. The van der Waals surface area contributed by atoms with Crippen LogP contribution in [0.2, 0.25) is 0 Å². The van der Waals surface area contributed by atoms with Crippen molar-refractivity contribution in [1.29, 1.82) is 0 Å². The number of hydrogen-bond donors (Lipinski definition) is 2. The Morgan fingerprint density at radius 1 is 1.50 bits per heavy atom. The molecule has 1 atom stereocenters. The lowest BCUT2D eigenvalue weighted by atomic mass is 10.2. The summed E-state index contributed by atoms with van der Waals surface area (Å²) in [5.74, 6) is 0.409. The molecule has 0 radical (unpaired) electrons. The van der Waals surface area contributed by atoms with Crippen LogP contribution in [0.5, 0.6) is 0 Å². The molecule has 0 aromatic carbocycles. The fourth-order valence-corrected chi connectivity index (χ4v) is 2.39. The van der Waals surface area contributed by atoms with Crippen LogP contribution in [0.3, 0.4) is 0 Å². The molecule has 1 fully saturated rings. The lowest BCUT2D eigenvalue weighted by molar-refractivity contribution is -0.119. The van der Waals surface area contributed by atoms with E-state index in [-0.39, 0.29) is 11.9 Å². The van der Waals surface area contributed by atoms with Crippen LogP contribution < -0.4 is 16.4 Å². The van der Waals surface area contributed by atoms with Crippen molar-refractivity contribution in [1.82, 2.24) is 4.98 Å². The Hall–Kier alpha value is -1.69. The van der Waals surface area contributed by atoms with Crippen molar-refractivity contribution in [3.63, 3.8) is 0 Å². The van der Waals surface area contributed by atoms with Crippen molar-refractivity contribution in [2.45, 2.75) is 25.8 Å². The smallest absolute Gasteiger partial charge is 0.240 e. The van der Waals surface area contributed by atoms with Gasteiger partial charge in [-0.05, 0) is 31.9 Å². The topological polar surface area (TPSA) is 85.2 Å². The average Bonchev–Trinajstić information content (AvgIpc) is 2.76. The van der Waals surface area contributed by atoms with Gasteiger partial charge in [0.2, 0.25) is 5.91 Å². The Balaban J connectivity index is 2.38. The van der Waals surface area contributed by atoms with E-state index in [2.05, 4.69) is 4.98 Å². The Bertz CT molecular complexity index is 503. The van der Waals surface area contributed by atoms with Crippen LogP contribution in [-0.4, -0.2) is 28.5 Å². The summed E-state index contributed by atoms with van der Waals surface area (Å²) >= 11 is 4.98. The average molecular weight is 264 g/mol. The van der Waals surface area contributed by atoms with Gasteiger partial charge in [0.1, 0.15) is 16.8 Å². The number of hydrogen-bond acceptors (Lipinski definition) is 4. The quantitative estimate of drug-likeness (QED) is 0.776. The summed E-state index contributed by atoms with van der Waals surface area (Å²) in [5.41, 5.74) is 12.6. The first-order valence-electron chi connectivity index (χ1n) is 5.83. The number of primary amides is 1. The summed E-state index contributed by atoms with van der Waals surface area (Å²) in [6, 6.07) is 3.37. The lowest BCUT2D eigenvalue weighted by Crippen LogP contribution is -2.40. The van der Waals surface area contributed by atoms with Gasteiger partial charge in [-0.15, -0.1) is 0 Å². The number of amides is 1. The molecular weight excluding hydrogens is 248 g/mol. The highest BCUT2D eigenvalue weighted by atomic mass is 32.1. The Morgan fingerprint density at radius 2 is 2.22 bits per heavy atom. The number of aryl methyl sites for hydroxylation is 1. The molecule has 1 saturated heterocycles. The minimum atomic E-state index is -0.312. The number of aromatic nitrogens is 1. The van der Waals surface area contributed by atoms with Gasteiger partial charge in [0.25, 0.3) is 0 Å². The molecule has 1 aromatic rings. The van der Waals surface area contributed by atoms with Gasteiger partial charge in [0.15, 0.2) is 0 Å². The molecule has 1 unspecified atom stereocenters. The van der Waals surface area contributed by atoms with Gasteiger partial charge in [-0.1, -0.05) is 12.2 Å². The second-order valence-electron chi connectivity index (χ2n) is 4.47. The zero-order valence-corrected chi connectivity index (χ0v) is 11.0. The van der Waals surface area contributed by atoms with Crippen molar-refractivity contribution >= 4 is 28.9 Å². The predicted molar refractivity (Wildman–Crippen MR) is 74.4 cm³/mol. The number of thiocarbonyl (C=S) groups is 1. The molecule has 1 aromatic heterocycles. The van der Waals surface area contributed by atoms with E-state index in [1.165, 1.54) is 0 Å². The predicted octanol–water partition coefficient (Wildman–Crippen LogP) is 0.478. The molecule has 0 saturated carbocycles. The zero-order valence-electron chi connectivity index (χ0n) is 10.2. The van der Waals surface area contributed by atoms with Gasteiger partial charge in [-0.2, -0.15) is 0 Å². The van der Waals surface area contributed by atoms with Crippen LogP contribution in [-0.2, 0) is 4.79 Å². The molecule has 2 rings (SSSR count). The third kappa shape index (κ3) is 2.43. The number of carbonyl (C=O) groups excluding carboxylic acids is 1. The van der Waals surface area contributed by atoms with Gasteiger partial charge < -0.3 is 16.4 Å². The molecule has 18 heavy (non-hydrogen) atoms. The maximum Gasteiger partial charge on any atom is 0.240 e. The fourth-order valence-electron chi connectivity index (χ4n) is 2.28. The van der Waals surface area contributed by atoms with Gasteiger partial charge >= 0.3 is 0 Å². The van der Waals surface area contributed by atoms with Crippen molar-refractivity contribution in [2.24, 2.45) is 11.5 Å². The van der Waals surface area contributed by atoms with E-state index in [1.54, 1.807) is 0 Å². The van der Waals surface area contributed by atoms with E-state index in [4.69, 9.17) is 23.7 Å². The largest absolute Gasteiger partial charge is 0.389 e. The normalized spacial score (nSPS) is 18.9. The van der Waals surface area contributed by atoms with Gasteiger partial charge in [0.05, 0.1) is 0 Å². The SMILES string of the molecule is Cc1cc(C(N)=S)cc(N2CCCC2C(N)=O)n1. The summed E-state index contributed by atoms with van der Waals surface area (Å²) in [6.07, 6.45) is 1.71. The van der Waals surface area contributed by atoms with E-state index < -0.39 is 0 Å². The summed E-state index contributed by atoms with van der Waals surface area (Å²) in [4.78, 5) is 18.1. The van der Waals surface area contributed by atoms with Crippen molar-refractivity contribution < 1.29 is 4.79 Å². The van der Waals surface area contributed by atoms with Crippen LogP contribution in [0.1, 0.15) is 24.1 Å². The van der Waals surface area contributed by atoms with Crippen molar-refractivity contribution in [3.8, 4) is 0 Å². The number of carbonyl (C=O) groups is 1. The highest BCUT2D eigenvalue weighted by Crippen LogP contribution is 2.25. The standard InChI is InChI=1S/C12H16N4OS/c1-7-5-8(12(14)18)6-10(15-7)16-4-2-3-9(16)11(13)17/h5-6,9H,2-4H2,1H3,(H2,13,17)(H2,14,18). The Labute approximate surface area is 111 Å². The number of pyridine rings is 1. The van der Waals surface area contributed by atoms with Gasteiger partial charge in [-0.3, -0.25) is 4.79 Å². The van der Waals surface area contributed by atoms with Crippen LogP contribution in [0, 0.1) is 6.92 Å². The number of nitrogens with two attached hydrogens (primary N) is 2. The first-order chi connectivity index (χ1) is 8.49. The number of nitrogens with zero attached hydrogens (tertiary/aromatic N) is 2. The first-order valence-corrected chi connectivity index (χ1v) is 6.24. The monoisotopic (exact) mass is 264 g/mol. The minimum absolute atomic E-state index is 0.279. The van der Waals surface area contributed by atoms with E-state index in [0.717, 1.165) is 36.5 Å². The lowest BCUT2D eigenvalue weighted by Gasteiger charge is -2.24. The Kier molecular flexibility index (Phi) is 3.47. The summed E-state index contributed by atoms with van der Waals surface area (Å²) in [5, 5.41) is 0. The second-order valence-corrected chi connectivity index (χ2v) is 4.91. The number of anilines is 1. The summed E-state index contributed by atoms with van der Waals surface area (Å²) in [7, 11) is 0. The highest BCUT2D eigenvalue weighted by molar-refractivity contribution is 7.80. The van der Waals surface area contributed by atoms with Gasteiger partial charge in [0, 0.05) is 17.8 Å². The molecular formula is C12H16N4OS. The van der Waals surface area contributed by atoms with Crippen molar-refractivity contribution in [3.05, 3.63) is 23.4 Å². The number of rotatable bonds is 3. The van der Waals surface area contributed by atoms with Crippen LogP contribution in [0.4, 0.5) is 5.82 Å². The van der Waals surface area contributed by atoms with Gasteiger partial charge in [-0.25, -0.2) is 4.98 Å². The van der Waals surface area contributed by atoms with E-state index in [9.17, 15) is 4.79 Å².